The number of hydrogen-bond acceptors (Lipinski definition) is 7. The van der Waals surface area contributed by atoms with Gasteiger partial charge < -0.3 is 20.7 Å². The molecule has 0 unspecified atom stereocenters. The molecule has 4 N–H and O–H groups in total. The molecule has 11 nitrogen and oxygen atoms in total. The molecule has 0 saturated carbocycles. The molecule has 44 heavy (non-hydrogen) atoms. The first-order valence-electron chi connectivity index (χ1n) is 14.3. The number of aryl methyl sites for hydroxylation is 1. The highest BCUT2D eigenvalue weighted by Crippen LogP contribution is 2.38. The zero-order chi connectivity index (χ0) is 31.2. The average molecular weight is 591 g/mol. The molecule has 5 aromatic rings. The molecular weight excluding hydrogens is 556 g/mol. The summed E-state index contributed by atoms with van der Waals surface area (Å²) in [6, 6.07) is 21.2. The lowest BCUT2D eigenvalue weighted by Crippen LogP contribution is -2.46. The van der Waals surface area contributed by atoms with Crippen LogP contribution in [0.3, 0.4) is 0 Å². The fourth-order valence-electron chi connectivity index (χ4n) is 4.84. The summed E-state index contributed by atoms with van der Waals surface area (Å²) < 4.78 is 7.68. The number of amides is 3. The second-order valence-electron chi connectivity index (χ2n) is 12.3. The van der Waals surface area contributed by atoms with Crippen molar-refractivity contribution in [3.63, 3.8) is 0 Å². The van der Waals surface area contributed by atoms with Crippen LogP contribution in [0.5, 0.6) is 5.75 Å². The summed E-state index contributed by atoms with van der Waals surface area (Å²) in [5, 5.41) is 19.0. The third-order valence-corrected chi connectivity index (χ3v) is 7.37. The molecule has 0 spiro atoms. The molecule has 3 heterocycles. The number of hydrogen-bond donors (Lipinski definition) is 4. The number of aromatic nitrogens is 4. The van der Waals surface area contributed by atoms with Crippen LogP contribution in [-0.2, 0) is 10.2 Å². The summed E-state index contributed by atoms with van der Waals surface area (Å²) >= 11 is 0. The molecular formula is C33H34N8O3. The van der Waals surface area contributed by atoms with E-state index in [1.165, 1.54) is 6.33 Å². The minimum absolute atomic E-state index is 0.218. The first kappa shape index (κ1) is 28.7. The fraction of sp³-hybridized carbons (Fsp3) is 0.242. The molecule has 1 aliphatic heterocycles. The van der Waals surface area contributed by atoms with E-state index < -0.39 is 11.6 Å². The van der Waals surface area contributed by atoms with Gasteiger partial charge in [-0.3, -0.25) is 10.1 Å². The van der Waals surface area contributed by atoms with E-state index in [1.54, 1.807) is 24.6 Å². The van der Waals surface area contributed by atoms with Gasteiger partial charge in [0.05, 0.1) is 11.4 Å². The summed E-state index contributed by atoms with van der Waals surface area (Å²) in [6.45, 7) is 11.5. The lowest BCUT2D eigenvalue weighted by atomic mass is 9.92. The number of urea groups is 1. The van der Waals surface area contributed by atoms with Crippen molar-refractivity contribution in [1.82, 2.24) is 19.7 Å². The lowest BCUT2D eigenvalue weighted by molar-refractivity contribution is -0.129. The van der Waals surface area contributed by atoms with Crippen LogP contribution in [0.15, 0.2) is 73.1 Å². The summed E-state index contributed by atoms with van der Waals surface area (Å²) in [5.74, 6) is 1.35. The molecule has 0 bridgehead atoms. The minimum Gasteiger partial charge on any atom is -0.470 e. The van der Waals surface area contributed by atoms with E-state index in [1.807, 2.05) is 49.4 Å². The molecule has 0 aliphatic carbocycles. The van der Waals surface area contributed by atoms with E-state index in [9.17, 15) is 9.59 Å². The summed E-state index contributed by atoms with van der Waals surface area (Å²) in [7, 11) is 0. The summed E-state index contributed by atoms with van der Waals surface area (Å²) in [5.41, 5.74) is 2.62. The standard InChI is InChI=1S/C33H34N8O3/c1-19-15-22(12-14-24(19)37-28-27-29(35-18-34-28)39-30(42)33(5,6)44-27)36-31(43)38-26-17-25(32(2,3)4)40-41(26)23-13-11-20-9-7-8-10-21(20)16-23/h7-18H,1-6H3,(H2,36,38,43)(H2,34,35,37,39,42). The number of carbonyl (C=O) groups excluding carboxylic acids is 2. The topological polar surface area (TPSA) is 135 Å². The van der Waals surface area contributed by atoms with Crippen molar-refractivity contribution >= 4 is 51.5 Å². The van der Waals surface area contributed by atoms with Gasteiger partial charge in [-0.2, -0.15) is 5.10 Å². The molecule has 0 fully saturated rings. The van der Waals surface area contributed by atoms with Crippen molar-refractivity contribution in [3.8, 4) is 11.4 Å². The molecule has 2 aromatic heterocycles. The molecule has 6 rings (SSSR count). The number of fused-ring (bicyclic) bond motifs is 2. The van der Waals surface area contributed by atoms with E-state index in [0.29, 0.717) is 28.9 Å². The molecule has 3 aromatic carbocycles. The number of benzene rings is 3. The predicted molar refractivity (Wildman–Crippen MR) is 172 cm³/mol. The molecule has 3 amide bonds. The van der Waals surface area contributed by atoms with Crippen LogP contribution in [0.1, 0.15) is 45.9 Å². The molecule has 1 aliphatic rings. The fourth-order valence-corrected chi connectivity index (χ4v) is 4.84. The number of carbonyl (C=O) groups is 2. The summed E-state index contributed by atoms with van der Waals surface area (Å²) in [4.78, 5) is 33.9. The quantitative estimate of drug-likeness (QED) is 0.175. The maximum atomic E-state index is 13.2. The molecule has 0 atom stereocenters. The van der Waals surface area contributed by atoms with Crippen molar-refractivity contribution < 1.29 is 14.3 Å². The lowest BCUT2D eigenvalue weighted by Gasteiger charge is -2.31. The van der Waals surface area contributed by atoms with E-state index in [-0.39, 0.29) is 11.3 Å². The van der Waals surface area contributed by atoms with Gasteiger partial charge in [-0.1, -0.05) is 51.1 Å². The van der Waals surface area contributed by atoms with Crippen molar-refractivity contribution in [3.05, 3.63) is 84.3 Å². The van der Waals surface area contributed by atoms with Crippen LogP contribution in [0.25, 0.3) is 16.5 Å². The summed E-state index contributed by atoms with van der Waals surface area (Å²) in [6.07, 6.45) is 1.35. The third kappa shape index (κ3) is 5.63. The largest absolute Gasteiger partial charge is 0.470 e. The maximum absolute atomic E-state index is 13.2. The van der Waals surface area contributed by atoms with Crippen LogP contribution < -0.4 is 26.0 Å². The van der Waals surface area contributed by atoms with E-state index in [0.717, 1.165) is 33.4 Å². The van der Waals surface area contributed by atoms with Crippen molar-refractivity contribution in [2.45, 2.75) is 52.6 Å². The van der Waals surface area contributed by atoms with Crippen LogP contribution >= 0.6 is 0 Å². The Hall–Kier alpha value is -5.45. The number of nitrogens with one attached hydrogen (secondary N) is 4. The first-order valence-corrected chi connectivity index (χ1v) is 14.3. The Balaban J connectivity index is 1.21. The molecule has 0 saturated heterocycles. The Morgan fingerprint density at radius 2 is 1.73 bits per heavy atom. The zero-order valence-electron chi connectivity index (χ0n) is 25.4. The Morgan fingerprint density at radius 3 is 2.48 bits per heavy atom. The van der Waals surface area contributed by atoms with Gasteiger partial charge in [0.2, 0.25) is 5.75 Å². The van der Waals surface area contributed by atoms with Gasteiger partial charge >= 0.3 is 6.03 Å². The highest BCUT2D eigenvalue weighted by atomic mass is 16.5. The molecule has 0 radical (unpaired) electrons. The van der Waals surface area contributed by atoms with Gasteiger partial charge in [0.25, 0.3) is 5.91 Å². The highest BCUT2D eigenvalue weighted by Gasteiger charge is 2.38. The minimum atomic E-state index is -1.07. The Bertz CT molecular complexity index is 1920. The first-order chi connectivity index (χ1) is 20.9. The van der Waals surface area contributed by atoms with Gasteiger partial charge in [-0.05, 0) is 67.4 Å². The molecule has 224 valence electrons. The van der Waals surface area contributed by atoms with Crippen LogP contribution in [0.2, 0.25) is 0 Å². The van der Waals surface area contributed by atoms with Gasteiger partial charge in [0.15, 0.2) is 17.2 Å². The second kappa shape index (κ2) is 10.7. The normalized spacial score (nSPS) is 13.9. The van der Waals surface area contributed by atoms with Gasteiger partial charge in [0.1, 0.15) is 12.1 Å². The Labute approximate surface area is 255 Å². The Kier molecular flexibility index (Phi) is 6.95. The van der Waals surface area contributed by atoms with E-state index in [2.05, 4.69) is 70.2 Å². The number of anilines is 5. The third-order valence-electron chi connectivity index (χ3n) is 7.37. The second-order valence-corrected chi connectivity index (χ2v) is 12.3. The SMILES string of the molecule is Cc1cc(NC(=O)Nc2cc(C(C)(C)C)nn2-c2ccc3ccccc3c2)ccc1Nc1ncnc2c1OC(C)(C)C(=O)N2. The predicted octanol–water partition coefficient (Wildman–Crippen LogP) is 6.92. The maximum Gasteiger partial charge on any atom is 0.324 e. The highest BCUT2D eigenvalue weighted by molar-refractivity contribution is 6.01. The number of nitrogens with zero attached hydrogens (tertiary/aromatic N) is 4. The van der Waals surface area contributed by atoms with Crippen molar-refractivity contribution in [2.24, 2.45) is 0 Å². The number of rotatable bonds is 5. The van der Waals surface area contributed by atoms with E-state index in [4.69, 9.17) is 9.84 Å². The van der Waals surface area contributed by atoms with Gasteiger partial charge in [-0.15, -0.1) is 0 Å². The number of ether oxygens (including phenoxy) is 1. The van der Waals surface area contributed by atoms with E-state index >= 15 is 0 Å². The average Bonchev–Trinajstić information content (AvgIpc) is 3.39. The van der Waals surface area contributed by atoms with Crippen LogP contribution in [0.4, 0.5) is 33.6 Å². The molecule has 11 heteroatoms. The van der Waals surface area contributed by atoms with Crippen LogP contribution in [-0.4, -0.2) is 37.3 Å². The van der Waals surface area contributed by atoms with Gasteiger partial charge in [-0.25, -0.2) is 19.4 Å². The Morgan fingerprint density at radius 1 is 0.955 bits per heavy atom. The van der Waals surface area contributed by atoms with Crippen molar-refractivity contribution in [1.29, 1.82) is 0 Å². The monoisotopic (exact) mass is 590 g/mol. The van der Waals surface area contributed by atoms with Crippen LogP contribution in [0, 0.1) is 6.92 Å². The smallest absolute Gasteiger partial charge is 0.324 e. The van der Waals surface area contributed by atoms with Crippen molar-refractivity contribution in [2.75, 3.05) is 21.3 Å². The van der Waals surface area contributed by atoms with Gasteiger partial charge in [0, 0.05) is 22.9 Å². The zero-order valence-corrected chi connectivity index (χ0v) is 25.4.